The van der Waals surface area contributed by atoms with Crippen LogP contribution in [0.15, 0.2) is 53.9 Å². The van der Waals surface area contributed by atoms with E-state index in [4.69, 9.17) is 11.6 Å². The van der Waals surface area contributed by atoms with Crippen LogP contribution >= 0.6 is 22.9 Å². The molecule has 2 aromatic carbocycles. The summed E-state index contributed by atoms with van der Waals surface area (Å²) in [5, 5.41) is 10.5. The van der Waals surface area contributed by atoms with Gasteiger partial charge in [-0.2, -0.15) is 0 Å². The van der Waals surface area contributed by atoms with E-state index in [9.17, 15) is 14.4 Å². The third-order valence-corrected chi connectivity index (χ3v) is 5.68. The van der Waals surface area contributed by atoms with Crippen molar-refractivity contribution in [1.29, 1.82) is 0 Å². The van der Waals surface area contributed by atoms with E-state index in [1.54, 1.807) is 48.7 Å². The molecule has 0 aliphatic carbocycles. The van der Waals surface area contributed by atoms with Gasteiger partial charge in [0.25, 0.3) is 11.8 Å². The van der Waals surface area contributed by atoms with E-state index in [-0.39, 0.29) is 11.6 Å². The number of anilines is 1. The van der Waals surface area contributed by atoms with E-state index in [1.165, 1.54) is 11.3 Å². The maximum atomic E-state index is 12.6. The van der Waals surface area contributed by atoms with E-state index >= 15 is 0 Å². The Morgan fingerprint density at radius 1 is 1.17 bits per heavy atom. The zero-order chi connectivity index (χ0) is 20.6. The van der Waals surface area contributed by atoms with Crippen LogP contribution in [-0.2, 0) is 10.3 Å². The van der Waals surface area contributed by atoms with Gasteiger partial charge in [-0.1, -0.05) is 35.9 Å². The zero-order valence-corrected chi connectivity index (χ0v) is 16.7. The number of urea groups is 1. The third kappa shape index (κ3) is 3.72. The van der Waals surface area contributed by atoms with Gasteiger partial charge in [-0.05, 0) is 36.8 Å². The van der Waals surface area contributed by atoms with Gasteiger partial charge < -0.3 is 10.6 Å². The maximum Gasteiger partial charge on any atom is 0.322 e. The molecular formula is C20H15ClN4O3S. The molecule has 146 valence electrons. The van der Waals surface area contributed by atoms with Gasteiger partial charge in [-0.3, -0.25) is 14.9 Å². The second-order valence-corrected chi connectivity index (χ2v) is 7.91. The van der Waals surface area contributed by atoms with Crippen molar-refractivity contribution >= 4 is 46.5 Å². The number of imide groups is 1. The molecular weight excluding hydrogens is 412 g/mol. The van der Waals surface area contributed by atoms with Crippen LogP contribution in [0.25, 0.3) is 10.6 Å². The first-order valence-corrected chi connectivity index (χ1v) is 9.88. The molecule has 1 atom stereocenters. The van der Waals surface area contributed by atoms with E-state index in [0.717, 1.165) is 5.56 Å². The maximum absolute atomic E-state index is 12.6. The first-order chi connectivity index (χ1) is 13.8. The molecule has 1 aliphatic rings. The highest BCUT2D eigenvalue weighted by molar-refractivity contribution is 7.13. The van der Waals surface area contributed by atoms with Crippen molar-refractivity contribution in [1.82, 2.24) is 15.6 Å². The van der Waals surface area contributed by atoms with Crippen LogP contribution in [0.5, 0.6) is 0 Å². The van der Waals surface area contributed by atoms with Gasteiger partial charge in [0.1, 0.15) is 16.2 Å². The Labute approximate surface area is 175 Å². The molecule has 1 aliphatic heterocycles. The fourth-order valence-electron chi connectivity index (χ4n) is 2.98. The van der Waals surface area contributed by atoms with Crippen molar-refractivity contribution in [2.45, 2.75) is 12.5 Å². The average molecular weight is 427 g/mol. The Bertz CT molecular complexity index is 1150. The first-order valence-electron chi connectivity index (χ1n) is 8.62. The molecule has 3 N–H and O–H groups in total. The topological polar surface area (TPSA) is 100 Å². The van der Waals surface area contributed by atoms with Crippen molar-refractivity contribution in [2.75, 3.05) is 5.32 Å². The zero-order valence-electron chi connectivity index (χ0n) is 15.2. The molecule has 1 unspecified atom stereocenters. The smallest absolute Gasteiger partial charge is 0.321 e. The monoisotopic (exact) mass is 426 g/mol. The van der Waals surface area contributed by atoms with Gasteiger partial charge in [0.05, 0.1) is 0 Å². The highest BCUT2D eigenvalue weighted by atomic mass is 35.5. The van der Waals surface area contributed by atoms with Crippen molar-refractivity contribution in [3.05, 3.63) is 70.2 Å². The summed E-state index contributed by atoms with van der Waals surface area (Å²) in [7, 11) is 0. The molecule has 7 nitrogen and oxygen atoms in total. The second kappa shape index (κ2) is 7.31. The molecule has 1 saturated heterocycles. The van der Waals surface area contributed by atoms with E-state index in [2.05, 4.69) is 20.9 Å². The standard InChI is InChI=1S/C20H15ClN4O3S/c1-20(18(27)24-19(28)25-20)12-5-3-7-14(9-12)22-16(26)15-10-29-17(23-15)11-4-2-6-13(21)8-11/h2-10H,1H3,(H,22,26)(H2,24,25,27,28). The average Bonchev–Trinajstić information content (AvgIpc) is 3.27. The summed E-state index contributed by atoms with van der Waals surface area (Å²) in [5.74, 6) is -0.826. The SMILES string of the molecule is CC1(c2cccc(NC(=O)c3csc(-c4cccc(Cl)c4)n3)c2)NC(=O)NC1=O. The number of carbonyl (C=O) groups excluding carboxylic acids is 3. The minimum absolute atomic E-state index is 0.272. The number of benzene rings is 2. The van der Waals surface area contributed by atoms with Gasteiger partial charge in [0.15, 0.2) is 0 Å². The van der Waals surface area contributed by atoms with Crippen molar-refractivity contribution in [3.8, 4) is 10.6 Å². The largest absolute Gasteiger partial charge is 0.322 e. The number of hydrogen-bond donors (Lipinski definition) is 3. The molecule has 0 spiro atoms. The molecule has 0 saturated carbocycles. The van der Waals surface area contributed by atoms with Crippen molar-refractivity contribution < 1.29 is 14.4 Å². The van der Waals surface area contributed by atoms with E-state index in [0.29, 0.717) is 21.3 Å². The third-order valence-electron chi connectivity index (χ3n) is 4.55. The summed E-state index contributed by atoms with van der Waals surface area (Å²) >= 11 is 7.36. The number of nitrogens with zero attached hydrogens (tertiary/aromatic N) is 1. The lowest BCUT2D eigenvalue weighted by Gasteiger charge is -2.21. The Balaban J connectivity index is 1.54. The Morgan fingerprint density at radius 2 is 1.97 bits per heavy atom. The predicted molar refractivity (Wildman–Crippen MR) is 111 cm³/mol. The van der Waals surface area contributed by atoms with E-state index < -0.39 is 17.5 Å². The molecule has 0 bridgehead atoms. The van der Waals surface area contributed by atoms with Crippen LogP contribution in [0.4, 0.5) is 10.5 Å². The number of aromatic nitrogens is 1. The Morgan fingerprint density at radius 3 is 2.69 bits per heavy atom. The predicted octanol–water partition coefficient (Wildman–Crippen LogP) is 3.77. The molecule has 9 heteroatoms. The summed E-state index contributed by atoms with van der Waals surface area (Å²) in [6.07, 6.45) is 0. The molecule has 4 amide bonds. The summed E-state index contributed by atoms with van der Waals surface area (Å²) < 4.78 is 0. The summed E-state index contributed by atoms with van der Waals surface area (Å²) in [5.41, 5.74) is 0.947. The fourth-order valence-corrected chi connectivity index (χ4v) is 3.97. The van der Waals surface area contributed by atoms with Crippen LogP contribution < -0.4 is 16.0 Å². The minimum atomic E-state index is -1.20. The lowest BCUT2D eigenvalue weighted by atomic mass is 9.92. The van der Waals surface area contributed by atoms with Gasteiger partial charge in [0.2, 0.25) is 0 Å². The Hall–Kier alpha value is -3.23. The number of nitrogens with one attached hydrogen (secondary N) is 3. The first kappa shape index (κ1) is 19.1. The van der Waals surface area contributed by atoms with Crippen LogP contribution in [0.3, 0.4) is 0 Å². The number of carbonyl (C=O) groups is 3. The summed E-state index contributed by atoms with van der Waals surface area (Å²) in [6, 6.07) is 13.5. The molecule has 29 heavy (non-hydrogen) atoms. The van der Waals surface area contributed by atoms with Gasteiger partial charge >= 0.3 is 6.03 Å². The highest BCUT2D eigenvalue weighted by Gasteiger charge is 2.43. The molecule has 4 rings (SSSR count). The normalized spacial score (nSPS) is 18.3. The number of halogens is 1. The number of rotatable bonds is 4. The second-order valence-electron chi connectivity index (χ2n) is 6.62. The van der Waals surface area contributed by atoms with Gasteiger partial charge in [-0.25, -0.2) is 9.78 Å². The van der Waals surface area contributed by atoms with E-state index in [1.807, 2.05) is 12.1 Å². The van der Waals surface area contributed by atoms with Crippen LogP contribution in [-0.4, -0.2) is 22.8 Å². The number of thiazole rings is 1. The minimum Gasteiger partial charge on any atom is -0.321 e. The molecule has 1 aromatic heterocycles. The van der Waals surface area contributed by atoms with Gasteiger partial charge in [0, 0.05) is 21.7 Å². The Kier molecular flexibility index (Phi) is 4.81. The molecule has 1 fully saturated rings. The lowest BCUT2D eigenvalue weighted by Crippen LogP contribution is -2.40. The fraction of sp³-hybridized carbons (Fsp3) is 0.100. The molecule has 2 heterocycles. The quantitative estimate of drug-likeness (QED) is 0.553. The lowest BCUT2D eigenvalue weighted by molar-refractivity contribution is -0.123. The number of amides is 4. The van der Waals surface area contributed by atoms with Crippen LogP contribution in [0.1, 0.15) is 23.0 Å². The van der Waals surface area contributed by atoms with Gasteiger partial charge in [-0.15, -0.1) is 11.3 Å². The summed E-state index contributed by atoms with van der Waals surface area (Å²) in [6.45, 7) is 1.60. The van der Waals surface area contributed by atoms with Crippen molar-refractivity contribution in [3.63, 3.8) is 0 Å². The molecule has 3 aromatic rings. The summed E-state index contributed by atoms with van der Waals surface area (Å²) in [4.78, 5) is 40.6. The van der Waals surface area contributed by atoms with Crippen LogP contribution in [0, 0.1) is 0 Å². The highest BCUT2D eigenvalue weighted by Crippen LogP contribution is 2.28. The molecule has 0 radical (unpaired) electrons. The van der Waals surface area contributed by atoms with Crippen molar-refractivity contribution in [2.24, 2.45) is 0 Å². The number of hydrogen-bond acceptors (Lipinski definition) is 5. The van der Waals surface area contributed by atoms with Crippen LogP contribution in [0.2, 0.25) is 5.02 Å².